The van der Waals surface area contributed by atoms with E-state index >= 15 is 0 Å². The number of hydrogen-bond acceptors (Lipinski definition) is 3. The quantitative estimate of drug-likeness (QED) is 0.859. The number of urea groups is 1. The minimum Gasteiger partial charge on any atom is -0.478 e. The molecule has 0 aromatic heterocycles. The summed E-state index contributed by atoms with van der Waals surface area (Å²) in [6, 6.07) is 4.39. The lowest BCUT2D eigenvalue weighted by Crippen LogP contribution is -2.36. The van der Waals surface area contributed by atoms with Gasteiger partial charge in [0.2, 0.25) is 0 Å². The Kier molecular flexibility index (Phi) is 5.97. The van der Waals surface area contributed by atoms with Crippen molar-refractivity contribution in [3.63, 3.8) is 0 Å². The van der Waals surface area contributed by atoms with Crippen molar-refractivity contribution in [2.24, 2.45) is 0 Å². The van der Waals surface area contributed by atoms with Gasteiger partial charge >= 0.3 is 12.0 Å². The normalized spacial score (nSPS) is 10.4. The van der Waals surface area contributed by atoms with E-state index < -0.39 is 5.97 Å². The lowest BCUT2D eigenvalue weighted by atomic mass is 10.2. The van der Waals surface area contributed by atoms with Gasteiger partial charge in [-0.2, -0.15) is 0 Å². The van der Waals surface area contributed by atoms with E-state index in [0.717, 1.165) is 6.54 Å². The topological polar surface area (TPSA) is 72.9 Å². The Bertz CT molecular complexity index is 506. The van der Waals surface area contributed by atoms with E-state index in [4.69, 9.17) is 5.11 Å². The standard InChI is InChI=1S/C13H18BrN3O3/c1-16(2)7-8-17(3)13(20)15-11-9(12(18)19)5-4-6-10(11)14/h4-6H,7-8H2,1-3H3,(H,15,20)(H,18,19). The van der Waals surface area contributed by atoms with E-state index in [9.17, 15) is 9.59 Å². The molecule has 0 bridgehead atoms. The van der Waals surface area contributed by atoms with Crippen LogP contribution in [0.5, 0.6) is 0 Å². The molecule has 0 saturated carbocycles. The van der Waals surface area contributed by atoms with Crippen LogP contribution in [0.3, 0.4) is 0 Å². The van der Waals surface area contributed by atoms with Gasteiger partial charge in [0, 0.05) is 24.6 Å². The van der Waals surface area contributed by atoms with Crippen LogP contribution in [-0.2, 0) is 0 Å². The number of amides is 2. The van der Waals surface area contributed by atoms with Crippen LogP contribution in [-0.4, -0.2) is 61.1 Å². The molecule has 2 amide bonds. The summed E-state index contributed by atoms with van der Waals surface area (Å²) < 4.78 is 0.534. The number of aromatic carboxylic acids is 1. The molecule has 1 rings (SSSR count). The minimum atomic E-state index is -1.09. The zero-order valence-corrected chi connectivity index (χ0v) is 13.3. The van der Waals surface area contributed by atoms with Crippen LogP contribution >= 0.6 is 15.9 Å². The van der Waals surface area contributed by atoms with Crippen LogP contribution in [0.1, 0.15) is 10.4 Å². The molecule has 6 nitrogen and oxygen atoms in total. The first-order chi connectivity index (χ1) is 9.32. The van der Waals surface area contributed by atoms with Crippen LogP contribution in [0.4, 0.5) is 10.5 Å². The van der Waals surface area contributed by atoms with Crippen molar-refractivity contribution in [3.05, 3.63) is 28.2 Å². The smallest absolute Gasteiger partial charge is 0.337 e. The molecule has 0 saturated heterocycles. The second-order valence-electron chi connectivity index (χ2n) is 4.62. The predicted molar refractivity (Wildman–Crippen MR) is 81.3 cm³/mol. The third kappa shape index (κ3) is 4.50. The highest BCUT2D eigenvalue weighted by molar-refractivity contribution is 9.10. The third-order valence-corrected chi connectivity index (χ3v) is 3.37. The lowest BCUT2D eigenvalue weighted by Gasteiger charge is -2.21. The van der Waals surface area contributed by atoms with E-state index in [1.165, 1.54) is 11.0 Å². The zero-order chi connectivity index (χ0) is 15.3. The molecule has 20 heavy (non-hydrogen) atoms. The van der Waals surface area contributed by atoms with Gasteiger partial charge in [0.1, 0.15) is 0 Å². The van der Waals surface area contributed by atoms with Crippen LogP contribution in [0.25, 0.3) is 0 Å². The highest BCUT2D eigenvalue weighted by Gasteiger charge is 2.17. The average molecular weight is 344 g/mol. The minimum absolute atomic E-state index is 0.0498. The Labute approximate surface area is 126 Å². The molecule has 0 fully saturated rings. The van der Waals surface area contributed by atoms with Gasteiger partial charge < -0.3 is 20.2 Å². The first kappa shape index (κ1) is 16.5. The molecule has 0 spiro atoms. The summed E-state index contributed by atoms with van der Waals surface area (Å²) in [6.45, 7) is 1.28. The first-order valence-electron chi connectivity index (χ1n) is 6.01. The molecule has 0 unspecified atom stereocenters. The van der Waals surface area contributed by atoms with Crippen LogP contribution < -0.4 is 5.32 Å². The summed E-state index contributed by atoms with van der Waals surface area (Å²) in [4.78, 5) is 26.7. The second kappa shape index (κ2) is 7.25. The summed E-state index contributed by atoms with van der Waals surface area (Å²) in [5, 5.41) is 11.7. The van der Waals surface area contributed by atoms with Crippen molar-refractivity contribution < 1.29 is 14.7 Å². The number of nitrogens with zero attached hydrogens (tertiary/aromatic N) is 2. The van der Waals surface area contributed by atoms with Gasteiger partial charge in [-0.25, -0.2) is 9.59 Å². The van der Waals surface area contributed by atoms with Crippen molar-refractivity contribution in [1.29, 1.82) is 0 Å². The Hall–Kier alpha value is -1.60. The molecular formula is C13H18BrN3O3. The maximum atomic E-state index is 12.0. The maximum Gasteiger partial charge on any atom is 0.337 e. The molecule has 1 aromatic rings. The van der Waals surface area contributed by atoms with E-state index in [1.54, 1.807) is 19.2 Å². The number of carbonyl (C=O) groups is 2. The molecule has 0 aliphatic rings. The molecule has 110 valence electrons. The number of carbonyl (C=O) groups excluding carboxylic acids is 1. The van der Waals surface area contributed by atoms with Crippen molar-refractivity contribution in [3.8, 4) is 0 Å². The van der Waals surface area contributed by atoms with Crippen LogP contribution in [0.2, 0.25) is 0 Å². The molecule has 2 N–H and O–H groups in total. The van der Waals surface area contributed by atoms with E-state index in [1.807, 2.05) is 19.0 Å². The number of carboxylic acids is 1. The number of halogens is 1. The number of hydrogen-bond donors (Lipinski definition) is 2. The van der Waals surface area contributed by atoms with E-state index in [0.29, 0.717) is 11.0 Å². The van der Waals surface area contributed by atoms with Crippen LogP contribution in [0.15, 0.2) is 22.7 Å². The highest BCUT2D eigenvalue weighted by atomic mass is 79.9. The number of carboxylic acid groups (broad SMARTS) is 1. The number of likely N-dealkylation sites (N-methyl/N-ethyl adjacent to an activating group) is 2. The first-order valence-corrected chi connectivity index (χ1v) is 6.81. The number of benzene rings is 1. The summed E-state index contributed by atoms with van der Waals surface area (Å²) in [5.74, 6) is -1.09. The van der Waals surface area contributed by atoms with Crippen molar-refractivity contribution in [1.82, 2.24) is 9.80 Å². The van der Waals surface area contributed by atoms with Crippen molar-refractivity contribution >= 4 is 33.6 Å². The Morgan fingerprint density at radius 1 is 1.25 bits per heavy atom. The highest BCUT2D eigenvalue weighted by Crippen LogP contribution is 2.26. The van der Waals surface area contributed by atoms with E-state index in [-0.39, 0.29) is 17.3 Å². The second-order valence-corrected chi connectivity index (χ2v) is 5.48. The summed E-state index contributed by atoms with van der Waals surface area (Å²) in [5.41, 5.74) is 0.315. The van der Waals surface area contributed by atoms with Gasteiger partial charge in [-0.05, 0) is 42.2 Å². The van der Waals surface area contributed by atoms with Crippen molar-refractivity contribution in [2.45, 2.75) is 0 Å². The predicted octanol–water partition coefficient (Wildman–Crippen LogP) is 2.17. The molecular weight excluding hydrogens is 326 g/mol. The maximum absolute atomic E-state index is 12.0. The lowest BCUT2D eigenvalue weighted by molar-refractivity contribution is 0.0698. The largest absolute Gasteiger partial charge is 0.478 e. The van der Waals surface area contributed by atoms with Gasteiger partial charge in [0.15, 0.2) is 0 Å². The molecule has 0 radical (unpaired) electrons. The van der Waals surface area contributed by atoms with Crippen LogP contribution in [0, 0.1) is 0 Å². The Morgan fingerprint density at radius 3 is 2.45 bits per heavy atom. The third-order valence-electron chi connectivity index (χ3n) is 2.71. The summed E-state index contributed by atoms with van der Waals surface area (Å²) >= 11 is 3.25. The monoisotopic (exact) mass is 343 g/mol. The van der Waals surface area contributed by atoms with Gasteiger partial charge in [-0.1, -0.05) is 6.07 Å². The number of para-hydroxylation sites is 1. The molecule has 1 aromatic carbocycles. The molecule has 0 aliphatic heterocycles. The van der Waals surface area contributed by atoms with Gasteiger partial charge in [0.25, 0.3) is 0 Å². The Balaban J connectivity index is 2.82. The summed E-state index contributed by atoms with van der Waals surface area (Å²) in [6.07, 6.45) is 0. The SMILES string of the molecule is CN(C)CCN(C)C(=O)Nc1c(Br)cccc1C(=O)O. The van der Waals surface area contributed by atoms with Crippen molar-refractivity contribution in [2.75, 3.05) is 39.5 Å². The molecule has 0 atom stereocenters. The van der Waals surface area contributed by atoms with Gasteiger partial charge in [-0.15, -0.1) is 0 Å². The number of anilines is 1. The number of rotatable bonds is 5. The Morgan fingerprint density at radius 2 is 1.90 bits per heavy atom. The van der Waals surface area contributed by atoms with Gasteiger partial charge in [0.05, 0.1) is 11.3 Å². The van der Waals surface area contributed by atoms with Gasteiger partial charge in [-0.3, -0.25) is 0 Å². The molecule has 7 heteroatoms. The number of nitrogens with one attached hydrogen (secondary N) is 1. The molecule has 0 heterocycles. The van der Waals surface area contributed by atoms with E-state index in [2.05, 4.69) is 21.2 Å². The summed E-state index contributed by atoms with van der Waals surface area (Å²) in [7, 11) is 5.50. The molecule has 0 aliphatic carbocycles. The fourth-order valence-corrected chi connectivity index (χ4v) is 1.95. The zero-order valence-electron chi connectivity index (χ0n) is 11.7. The average Bonchev–Trinajstić information content (AvgIpc) is 2.37. The fraction of sp³-hybridized carbons (Fsp3) is 0.385. The fourth-order valence-electron chi connectivity index (χ4n) is 1.48.